The average Bonchev–Trinajstić information content (AvgIpc) is 2.18. The van der Waals surface area contributed by atoms with Gasteiger partial charge in [-0.2, -0.15) is 0 Å². The zero-order valence-corrected chi connectivity index (χ0v) is 9.53. The first-order valence-electron chi connectivity index (χ1n) is 4.53. The van der Waals surface area contributed by atoms with Crippen LogP contribution in [-0.2, 0) is 9.09 Å². The Labute approximate surface area is 88.3 Å². The number of carboxylic acids is 1. The number of hydrogen-bond donors (Lipinski definition) is 1. The molecule has 1 aromatic carbocycles. The van der Waals surface area contributed by atoms with Gasteiger partial charge in [-0.05, 0) is 31.2 Å². The Morgan fingerprint density at radius 3 is 2.33 bits per heavy atom. The third kappa shape index (κ3) is 2.91. The van der Waals surface area contributed by atoms with E-state index >= 15 is 0 Å². The maximum atomic E-state index is 11.9. The molecule has 1 rings (SSSR count). The number of carboxylic acid groups (broad SMARTS) is 1. The maximum Gasteiger partial charge on any atom is 0.335 e. The molecule has 0 bridgehead atoms. The molecule has 82 valence electrons. The highest BCUT2D eigenvalue weighted by Gasteiger charge is 2.18. The van der Waals surface area contributed by atoms with Gasteiger partial charge >= 0.3 is 5.97 Å². The van der Waals surface area contributed by atoms with Crippen LogP contribution >= 0.6 is 7.37 Å². The summed E-state index contributed by atoms with van der Waals surface area (Å²) in [7, 11) is -2.79. The Kier molecular flexibility index (Phi) is 3.66. The summed E-state index contributed by atoms with van der Waals surface area (Å²) >= 11 is 0. The Balaban J connectivity index is 2.98. The van der Waals surface area contributed by atoms with Crippen LogP contribution in [-0.4, -0.2) is 24.3 Å². The molecule has 0 radical (unpaired) electrons. The van der Waals surface area contributed by atoms with Crippen molar-refractivity contribution in [3.63, 3.8) is 0 Å². The van der Waals surface area contributed by atoms with Crippen molar-refractivity contribution in [2.45, 2.75) is 6.92 Å². The fraction of sp³-hybridized carbons (Fsp3) is 0.300. The van der Waals surface area contributed by atoms with Gasteiger partial charge in [0, 0.05) is 12.0 Å². The molecule has 0 fully saturated rings. The van der Waals surface area contributed by atoms with Gasteiger partial charge in [0.15, 0.2) is 0 Å². The molecule has 4 nitrogen and oxygen atoms in total. The molecule has 0 amide bonds. The maximum absolute atomic E-state index is 11.9. The zero-order valence-electron chi connectivity index (χ0n) is 8.64. The van der Waals surface area contributed by atoms with Gasteiger partial charge in [0.25, 0.3) is 0 Å². The van der Waals surface area contributed by atoms with Crippen molar-refractivity contribution in [3.8, 4) is 0 Å². The van der Waals surface area contributed by atoms with Gasteiger partial charge in [0.05, 0.1) is 12.2 Å². The molecule has 0 heterocycles. The van der Waals surface area contributed by atoms with Crippen LogP contribution in [0.1, 0.15) is 17.3 Å². The van der Waals surface area contributed by atoms with Crippen LogP contribution in [0.25, 0.3) is 0 Å². The predicted octanol–water partition coefficient (Wildman–Crippen LogP) is 1.95. The van der Waals surface area contributed by atoms with Gasteiger partial charge in [0.1, 0.15) is 0 Å². The van der Waals surface area contributed by atoms with Crippen LogP contribution in [0.4, 0.5) is 0 Å². The first-order chi connectivity index (χ1) is 6.97. The molecule has 0 aliphatic heterocycles. The van der Waals surface area contributed by atoms with E-state index in [-0.39, 0.29) is 5.56 Å². The van der Waals surface area contributed by atoms with E-state index in [1.165, 1.54) is 30.9 Å². The van der Waals surface area contributed by atoms with E-state index in [2.05, 4.69) is 0 Å². The van der Waals surface area contributed by atoms with E-state index in [1.807, 2.05) is 0 Å². The van der Waals surface area contributed by atoms with Gasteiger partial charge in [-0.25, -0.2) is 4.79 Å². The standard InChI is InChI=1S/C10H13O4P/c1-3-14-15(2,13)9-6-4-8(5-7-9)10(11)12/h4-7H,3H2,1-2H3,(H,11,12). The van der Waals surface area contributed by atoms with E-state index < -0.39 is 13.3 Å². The average molecular weight is 228 g/mol. The van der Waals surface area contributed by atoms with E-state index in [1.54, 1.807) is 6.92 Å². The van der Waals surface area contributed by atoms with Crippen molar-refractivity contribution in [1.82, 2.24) is 0 Å². The molecule has 1 atom stereocenters. The summed E-state index contributed by atoms with van der Waals surface area (Å²) in [5, 5.41) is 9.22. The monoisotopic (exact) mass is 228 g/mol. The van der Waals surface area contributed by atoms with Crippen LogP contribution in [0.15, 0.2) is 24.3 Å². The lowest BCUT2D eigenvalue weighted by Gasteiger charge is -2.12. The van der Waals surface area contributed by atoms with E-state index in [0.717, 1.165) is 0 Å². The summed E-state index contributed by atoms with van der Waals surface area (Å²) in [6.07, 6.45) is 0. The first-order valence-corrected chi connectivity index (χ1v) is 6.60. The molecule has 0 spiro atoms. The van der Waals surface area contributed by atoms with Gasteiger partial charge in [-0.3, -0.25) is 4.57 Å². The van der Waals surface area contributed by atoms with Gasteiger partial charge in [0.2, 0.25) is 7.37 Å². The molecule has 15 heavy (non-hydrogen) atoms. The second kappa shape index (κ2) is 4.60. The Morgan fingerprint density at radius 2 is 1.93 bits per heavy atom. The molecule has 5 heteroatoms. The predicted molar refractivity (Wildman–Crippen MR) is 58.2 cm³/mol. The highest BCUT2D eigenvalue weighted by atomic mass is 31.2. The SMILES string of the molecule is CCOP(C)(=O)c1ccc(C(=O)O)cc1. The molecule has 1 aromatic rings. The Morgan fingerprint density at radius 1 is 1.40 bits per heavy atom. The van der Waals surface area contributed by atoms with Crippen LogP contribution in [0.2, 0.25) is 0 Å². The van der Waals surface area contributed by atoms with Gasteiger partial charge in [-0.15, -0.1) is 0 Å². The van der Waals surface area contributed by atoms with E-state index in [0.29, 0.717) is 11.9 Å². The summed E-state index contributed by atoms with van der Waals surface area (Å²) < 4.78 is 17.1. The fourth-order valence-electron chi connectivity index (χ4n) is 1.20. The lowest BCUT2D eigenvalue weighted by molar-refractivity contribution is 0.0697. The van der Waals surface area contributed by atoms with Crippen molar-refractivity contribution >= 4 is 18.6 Å². The highest BCUT2D eigenvalue weighted by Crippen LogP contribution is 2.40. The van der Waals surface area contributed by atoms with Crippen molar-refractivity contribution < 1.29 is 19.0 Å². The third-order valence-electron chi connectivity index (χ3n) is 1.96. The molecule has 1 N–H and O–H groups in total. The first kappa shape index (κ1) is 12.0. The number of aromatic carboxylic acids is 1. The molecule has 0 aliphatic carbocycles. The molecule has 0 saturated heterocycles. The van der Waals surface area contributed by atoms with Crippen molar-refractivity contribution in [1.29, 1.82) is 0 Å². The summed E-state index contributed by atoms with van der Waals surface area (Å²) in [6, 6.07) is 5.90. The fourth-order valence-corrected chi connectivity index (χ4v) is 2.53. The summed E-state index contributed by atoms with van der Waals surface area (Å²) in [6.45, 7) is 3.66. The Bertz CT molecular complexity index is 396. The lowest BCUT2D eigenvalue weighted by Crippen LogP contribution is -2.07. The van der Waals surface area contributed by atoms with Crippen LogP contribution < -0.4 is 5.30 Å². The van der Waals surface area contributed by atoms with Gasteiger partial charge < -0.3 is 9.63 Å². The largest absolute Gasteiger partial charge is 0.478 e. The molecule has 1 unspecified atom stereocenters. The summed E-state index contributed by atoms with van der Waals surface area (Å²) in [5.74, 6) is -0.996. The van der Waals surface area contributed by atoms with Crippen molar-refractivity contribution in [2.75, 3.05) is 13.3 Å². The quantitative estimate of drug-likeness (QED) is 0.800. The topological polar surface area (TPSA) is 63.6 Å². The molecule has 0 saturated carbocycles. The van der Waals surface area contributed by atoms with Crippen LogP contribution in [0.3, 0.4) is 0 Å². The number of hydrogen-bond acceptors (Lipinski definition) is 3. The molecule has 0 aromatic heterocycles. The third-order valence-corrected chi connectivity index (χ3v) is 3.95. The van der Waals surface area contributed by atoms with Crippen LogP contribution in [0.5, 0.6) is 0 Å². The van der Waals surface area contributed by atoms with Crippen molar-refractivity contribution in [2.24, 2.45) is 0 Å². The highest BCUT2D eigenvalue weighted by molar-refractivity contribution is 7.66. The molecule has 0 aliphatic rings. The number of benzene rings is 1. The minimum atomic E-state index is -2.79. The normalized spacial score (nSPS) is 14.5. The zero-order chi connectivity index (χ0) is 11.5. The minimum Gasteiger partial charge on any atom is -0.478 e. The van der Waals surface area contributed by atoms with E-state index in [4.69, 9.17) is 9.63 Å². The number of rotatable bonds is 4. The molecular formula is C10H13O4P. The summed E-state index contributed by atoms with van der Waals surface area (Å²) in [4.78, 5) is 10.6. The van der Waals surface area contributed by atoms with Crippen molar-refractivity contribution in [3.05, 3.63) is 29.8 Å². The Hall–Kier alpha value is -1.12. The van der Waals surface area contributed by atoms with Crippen LogP contribution in [0, 0.1) is 0 Å². The summed E-state index contributed by atoms with van der Waals surface area (Å²) in [5.41, 5.74) is 0.176. The minimum absolute atomic E-state index is 0.176. The number of carbonyl (C=O) groups is 1. The van der Waals surface area contributed by atoms with Gasteiger partial charge in [-0.1, -0.05) is 0 Å². The van der Waals surface area contributed by atoms with E-state index in [9.17, 15) is 9.36 Å². The second-order valence-corrected chi connectivity index (χ2v) is 5.58. The lowest BCUT2D eigenvalue weighted by atomic mass is 10.2. The second-order valence-electron chi connectivity index (χ2n) is 3.12. The smallest absolute Gasteiger partial charge is 0.335 e. The molecular weight excluding hydrogens is 215 g/mol.